The molecule has 1 fully saturated rings. The zero-order chi connectivity index (χ0) is 22.4. The quantitative estimate of drug-likeness (QED) is 0.371. The van der Waals surface area contributed by atoms with Gasteiger partial charge in [-0.1, -0.05) is 24.3 Å². The Balaban J connectivity index is 1.72. The van der Waals surface area contributed by atoms with Crippen molar-refractivity contribution in [3.63, 3.8) is 0 Å². The summed E-state index contributed by atoms with van der Waals surface area (Å²) in [4.78, 5) is 27.7. The van der Waals surface area contributed by atoms with Crippen LogP contribution in [0.15, 0.2) is 72.3 Å². The van der Waals surface area contributed by atoms with Gasteiger partial charge in [-0.3, -0.25) is 14.5 Å². The van der Waals surface area contributed by atoms with Crippen LogP contribution < -0.4 is 9.64 Å². The van der Waals surface area contributed by atoms with Crippen LogP contribution in [0.3, 0.4) is 0 Å². The van der Waals surface area contributed by atoms with E-state index in [1.807, 2.05) is 25.1 Å². The molecule has 160 valence electrons. The van der Waals surface area contributed by atoms with Crippen molar-refractivity contribution in [2.24, 2.45) is 0 Å². The Morgan fingerprint density at radius 1 is 1.03 bits per heavy atom. The molecule has 1 saturated heterocycles. The molecule has 5 rings (SSSR count). The van der Waals surface area contributed by atoms with Crippen molar-refractivity contribution in [1.82, 2.24) is 0 Å². The molecule has 2 N–H and O–H groups in total. The number of rotatable bonds is 3. The SMILES string of the molecule is Cc1cccc(N2C(=O)C(=O)/C(=C(\O)c3ccc4c(c3)CCO4)C2c2cccc(O)c2)c1. The molecule has 0 aromatic heterocycles. The number of benzene rings is 3. The molecule has 0 saturated carbocycles. The molecule has 2 aliphatic heterocycles. The zero-order valence-electron chi connectivity index (χ0n) is 17.4. The summed E-state index contributed by atoms with van der Waals surface area (Å²) >= 11 is 0. The van der Waals surface area contributed by atoms with Crippen LogP contribution in [-0.2, 0) is 16.0 Å². The highest BCUT2D eigenvalue weighted by atomic mass is 16.5. The van der Waals surface area contributed by atoms with E-state index in [9.17, 15) is 19.8 Å². The number of phenols is 1. The monoisotopic (exact) mass is 427 g/mol. The average Bonchev–Trinajstić information content (AvgIpc) is 3.35. The highest BCUT2D eigenvalue weighted by Gasteiger charge is 2.47. The number of amides is 1. The van der Waals surface area contributed by atoms with E-state index in [-0.39, 0.29) is 17.1 Å². The summed E-state index contributed by atoms with van der Waals surface area (Å²) in [6.07, 6.45) is 0.712. The van der Waals surface area contributed by atoms with Crippen LogP contribution in [0, 0.1) is 6.92 Å². The summed E-state index contributed by atoms with van der Waals surface area (Å²) < 4.78 is 5.53. The van der Waals surface area contributed by atoms with Crippen LogP contribution in [0.4, 0.5) is 5.69 Å². The predicted octanol–water partition coefficient (Wildman–Crippen LogP) is 4.26. The fraction of sp³-hybridized carbons (Fsp3) is 0.154. The first-order valence-electron chi connectivity index (χ1n) is 10.4. The summed E-state index contributed by atoms with van der Waals surface area (Å²) in [7, 11) is 0. The van der Waals surface area contributed by atoms with E-state index in [0.29, 0.717) is 29.8 Å². The van der Waals surface area contributed by atoms with E-state index in [1.165, 1.54) is 17.0 Å². The molecule has 32 heavy (non-hydrogen) atoms. The molecule has 0 aliphatic carbocycles. The Morgan fingerprint density at radius 3 is 2.62 bits per heavy atom. The molecule has 2 aliphatic rings. The molecule has 1 amide bonds. The summed E-state index contributed by atoms with van der Waals surface area (Å²) in [6, 6.07) is 18.0. The number of Topliss-reactive ketones (excluding diaryl/α,β-unsaturated/α-hetero) is 1. The standard InChI is InChI=1S/C26H21NO5/c1-15-4-2-6-19(12-15)27-23(17-5-3-7-20(28)14-17)22(25(30)26(27)31)24(29)18-8-9-21-16(13-18)10-11-32-21/h2-9,12-14,23,28-29H,10-11H2,1H3/b24-22-. The minimum atomic E-state index is -0.881. The predicted molar refractivity (Wildman–Crippen MR) is 120 cm³/mol. The number of carbonyl (C=O) groups excluding carboxylic acids is 2. The molecule has 0 radical (unpaired) electrons. The maximum absolute atomic E-state index is 13.2. The van der Waals surface area contributed by atoms with Crippen LogP contribution in [0.1, 0.15) is 28.3 Å². The summed E-state index contributed by atoms with van der Waals surface area (Å²) in [6.45, 7) is 2.47. The van der Waals surface area contributed by atoms with Gasteiger partial charge in [0.25, 0.3) is 11.7 Å². The van der Waals surface area contributed by atoms with Crippen molar-refractivity contribution in [3.05, 3.63) is 94.6 Å². The normalized spacial score (nSPS) is 19.2. The molecule has 0 bridgehead atoms. The van der Waals surface area contributed by atoms with Gasteiger partial charge in [0.15, 0.2) is 0 Å². The molecule has 2 heterocycles. The number of hydrogen-bond acceptors (Lipinski definition) is 5. The van der Waals surface area contributed by atoms with Gasteiger partial charge in [-0.15, -0.1) is 0 Å². The van der Waals surface area contributed by atoms with Crippen LogP contribution >= 0.6 is 0 Å². The second-order valence-corrected chi connectivity index (χ2v) is 8.02. The first-order chi connectivity index (χ1) is 15.4. The lowest BCUT2D eigenvalue weighted by Crippen LogP contribution is -2.29. The largest absolute Gasteiger partial charge is 0.508 e. The number of fused-ring (bicyclic) bond motifs is 1. The third-order valence-electron chi connectivity index (χ3n) is 5.87. The van der Waals surface area contributed by atoms with Gasteiger partial charge < -0.3 is 14.9 Å². The Kier molecular flexibility index (Phi) is 4.70. The molecule has 3 aromatic rings. The minimum Gasteiger partial charge on any atom is -0.508 e. The number of aromatic hydroxyl groups is 1. The summed E-state index contributed by atoms with van der Waals surface area (Å²) in [5.74, 6) is -0.982. The summed E-state index contributed by atoms with van der Waals surface area (Å²) in [5.41, 5.74) is 3.37. The van der Waals surface area contributed by atoms with Crippen molar-refractivity contribution in [3.8, 4) is 11.5 Å². The lowest BCUT2D eigenvalue weighted by Gasteiger charge is -2.25. The molecule has 0 spiro atoms. The topological polar surface area (TPSA) is 87.1 Å². The van der Waals surface area contributed by atoms with Gasteiger partial charge in [-0.2, -0.15) is 0 Å². The fourth-order valence-corrected chi connectivity index (χ4v) is 4.38. The number of carbonyl (C=O) groups is 2. The van der Waals surface area contributed by atoms with E-state index < -0.39 is 17.7 Å². The van der Waals surface area contributed by atoms with Crippen LogP contribution in [0.5, 0.6) is 11.5 Å². The molecule has 6 nitrogen and oxygen atoms in total. The van der Waals surface area contributed by atoms with Crippen LogP contribution in [0.2, 0.25) is 0 Å². The van der Waals surface area contributed by atoms with Gasteiger partial charge >= 0.3 is 0 Å². The maximum atomic E-state index is 13.2. The van der Waals surface area contributed by atoms with Crippen LogP contribution in [-0.4, -0.2) is 28.5 Å². The van der Waals surface area contributed by atoms with E-state index in [2.05, 4.69) is 0 Å². The van der Waals surface area contributed by atoms with Gasteiger partial charge in [-0.25, -0.2) is 0 Å². The van der Waals surface area contributed by atoms with E-state index in [1.54, 1.807) is 36.4 Å². The highest BCUT2D eigenvalue weighted by molar-refractivity contribution is 6.51. The minimum absolute atomic E-state index is 0.00649. The second kappa shape index (κ2) is 7.57. The number of phenolic OH excluding ortho intramolecular Hbond substituents is 1. The van der Waals surface area contributed by atoms with Crippen molar-refractivity contribution >= 4 is 23.1 Å². The maximum Gasteiger partial charge on any atom is 0.300 e. The second-order valence-electron chi connectivity index (χ2n) is 8.02. The Morgan fingerprint density at radius 2 is 1.84 bits per heavy atom. The first kappa shape index (κ1) is 19.9. The number of ether oxygens (including phenoxy) is 1. The van der Waals surface area contributed by atoms with E-state index in [0.717, 1.165) is 16.9 Å². The summed E-state index contributed by atoms with van der Waals surface area (Å²) in [5, 5.41) is 21.3. The fourth-order valence-electron chi connectivity index (χ4n) is 4.38. The number of ketones is 1. The first-order valence-corrected chi connectivity index (χ1v) is 10.4. The lowest BCUT2D eigenvalue weighted by molar-refractivity contribution is -0.132. The van der Waals surface area contributed by atoms with Gasteiger partial charge in [0.2, 0.25) is 0 Å². The Bertz CT molecular complexity index is 1290. The smallest absolute Gasteiger partial charge is 0.300 e. The van der Waals surface area contributed by atoms with Crippen molar-refractivity contribution in [2.45, 2.75) is 19.4 Å². The number of nitrogens with zero attached hydrogens (tertiary/aromatic N) is 1. The third-order valence-corrected chi connectivity index (χ3v) is 5.87. The average molecular weight is 427 g/mol. The third kappa shape index (κ3) is 3.21. The number of hydrogen-bond donors (Lipinski definition) is 2. The van der Waals surface area contributed by atoms with Crippen molar-refractivity contribution in [1.29, 1.82) is 0 Å². The van der Waals surface area contributed by atoms with E-state index >= 15 is 0 Å². The van der Waals surface area contributed by atoms with Gasteiger partial charge in [0, 0.05) is 17.7 Å². The Hall–Kier alpha value is -4.06. The number of aliphatic hydroxyl groups is 1. The molecular weight excluding hydrogens is 406 g/mol. The molecule has 3 aromatic carbocycles. The molecule has 1 atom stereocenters. The molecule has 1 unspecified atom stereocenters. The van der Waals surface area contributed by atoms with Gasteiger partial charge in [0.1, 0.15) is 17.3 Å². The Labute approximate surface area is 185 Å². The zero-order valence-corrected chi connectivity index (χ0v) is 17.4. The number of aliphatic hydroxyl groups excluding tert-OH is 1. The molecule has 6 heteroatoms. The lowest BCUT2D eigenvalue weighted by atomic mass is 9.94. The van der Waals surface area contributed by atoms with Gasteiger partial charge in [0.05, 0.1) is 18.2 Å². The van der Waals surface area contributed by atoms with Crippen molar-refractivity contribution < 1.29 is 24.5 Å². The van der Waals surface area contributed by atoms with Crippen LogP contribution in [0.25, 0.3) is 5.76 Å². The highest BCUT2D eigenvalue weighted by Crippen LogP contribution is 2.43. The van der Waals surface area contributed by atoms with Gasteiger partial charge in [-0.05, 0) is 66.1 Å². The van der Waals surface area contributed by atoms with E-state index in [4.69, 9.17) is 4.74 Å². The van der Waals surface area contributed by atoms with Crippen molar-refractivity contribution in [2.75, 3.05) is 11.5 Å². The molecular formula is C26H21NO5. The number of anilines is 1. The number of aryl methyl sites for hydroxylation is 1.